The highest BCUT2D eigenvalue weighted by atomic mass is 16.4. The lowest BCUT2D eigenvalue weighted by atomic mass is 9.73. The number of rotatable bonds is 5. The Bertz CT molecular complexity index is 212. The molecule has 2 N–H and O–H groups in total. The highest BCUT2D eigenvalue weighted by molar-refractivity contribution is 5.82. The number of carboxylic acids is 2. The lowest BCUT2D eigenvalue weighted by Crippen LogP contribution is -2.39. The van der Waals surface area contributed by atoms with Crippen molar-refractivity contribution in [1.82, 2.24) is 0 Å². The third-order valence-corrected chi connectivity index (χ3v) is 2.70. The normalized spacial score (nSPS) is 17.5. The van der Waals surface area contributed by atoms with Crippen LogP contribution in [-0.4, -0.2) is 22.2 Å². The van der Waals surface area contributed by atoms with Crippen molar-refractivity contribution in [1.29, 1.82) is 0 Å². The number of aliphatic carboxylic acids is 2. The molecule has 0 fully saturated rings. The van der Waals surface area contributed by atoms with Crippen LogP contribution in [0, 0.1) is 11.3 Å². The van der Waals surface area contributed by atoms with Gasteiger partial charge in [-0.25, -0.2) is 0 Å². The Morgan fingerprint density at radius 3 is 1.85 bits per heavy atom. The van der Waals surface area contributed by atoms with Gasteiger partial charge in [0.05, 0.1) is 11.3 Å². The minimum atomic E-state index is -1.15. The van der Waals surface area contributed by atoms with Crippen LogP contribution in [0.15, 0.2) is 0 Å². The molecule has 0 aliphatic rings. The molecule has 0 heterocycles. The van der Waals surface area contributed by atoms with Crippen LogP contribution in [-0.2, 0) is 9.59 Å². The summed E-state index contributed by atoms with van der Waals surface area (Å²) >= 11 is 0. The largest absolute Gasteiger partial charge is 0.481 e. The molecule has 0 rings (SSSR count). The average Bonchev–Trinajstić information content (AvgIpc) is 2.04. The van der Waals surface area contributed by atoms with Crippen molar-refractivity contribution in [3.05, 3.63) is 0 Å². The summed E-state index contributed by atoms with van der Waals surface area (Å²) in [5.41, 5.74) is -1.15. The van der Waals surface area contributed by atoms with Crippen LogP contribution in [0.1, 0.15) is 33.6 Å². The molecule has 2 unspecified atom stereocenters. The van der Waals surface area contributed by atoms with Gasteiger partial charge < -0.3 is 10.2 Å². The molecule has 4 heteroatoms. The second kappa shape index (κ2) is 4.25. The fourth-order valence-electron chi connectivity index (χ4n) is 1.44. The van der Waals surface area contributed by atoms with Crippen LogP contribution < -0.4 is 0 Å². The molecule has 0 radical (unpaired) electrons. The zero-order chi connectivity index (χ0) is 10.6. The highest BCUT2D eigenvalue weighted by Gasteiger charge is 2.42. The SMILES string of the molecule is CCC(C(=O)O)C(C)(CC)C(=O)O. The summed E-state index contributed by atoms with van der Waals surface area (Å²) in [4.78, 5) is 21.7. The molecule has 0 aromatic heterocycles. The van der Waals surface area contributed by atoms with Crippen molar-refractivity contribution in [2.45, 2.75) is 33.6 Å². The van der Waals surface area contributed by atoms with E-state index in [9.17, 15) is 9.59 Å². The summed E-state index contributed by atoms with van der Waals surface area (Å²) in [5, 5.41) is 17.7. The molecule has 4 nitrogen and oxygen atoms in total. The second-order valence-electron chi connectivity index (χ2n) is 3.38. The third-order valence-electron chi connectivity index (χ3n) is 2.70. The molecule has 0 amide bonds. The van der Waals surface area contributed by atoms with Gasteiger partial charge in [-0.1, -0.05) is 13.8 Å². The molecule has 0 saturated heterocycles. The standard InChI is InChI=1S/C9H16O4/c1-4-6(7(10)11)9(3,5-2)8(12)13/h6H,4-5H2,1-3H3,(H,10,11)(H,12,13). The topological polar surface area (TPSA) is 74.6 Å². The van der Waals surface area contributed by atoms with Crippen LogP contribution >= 0.6 is 0 Å². The molecule has 0 aliphatic carbocycles. The Hall–Kier alpha value is -1.06. The molecule has 0 spiro atoms. The molecule has 0 saturated carbocycles. The summed E-state index contributed by atoms with van der Waals surface area (Å²) in [6, 6.07) is 0. The second-order valence-corrected chi connectivity index (χ2v) is 3.38. The minimum Gasteiger partial charge on any atom is -0.481 e. The number of carboxylic acid groups (broad SMARTS) is 2. The van der Waals surface area contributed by atoms with Gasteiger partial charge in [0.1, 0.15) is 0 Å². The van der Waals surface area contributed by atoms with E-state index in [4.69, 9.17) is 10.2 Å². The highest BCUT2D eigenvalue weighted by Crippen LogP contribution is 2.33. The van der Waals surface area contributed by atoms with Gasteiger partial charge in [0, 0.05) is 0 Å². The van der Waals surface area contributed by atoms with Gasteiger partial charge in [0.25, 0.3) is 0 Å². The fraction of sp³-hybridized carbons (Fsp3) is 0.778. The first-order chi connectivity index (χ1) is 5.90. The first-order valence-corrected chi connectivity index (χ1v) is 4.36. The summed E-state index contributed by atoms with van der Waals surface area (Å²) < 4.78 is 0. The molecule has 0 aromatic rings. The van der Waals surface area contributed by atoms with Gasteiger partial charge in [-0.05, 0) is 19.8 Å². The van der Waals surface area contributed by atoms with Crippen molar-refractivity contribution >= 4 is 11.9 Å². The van der Waals surface area contributed by atoms with Crippen molar-refractivity contribution in [2.24, 2.45) is 11.3 Å². The predicted molar refractivity (Wildman–Crippen MR) is 47.5 cm³/mol. The van der Waals surface area contributed by atoms with Crippen molar-refractivity contribution in [2.75, 3.05) is 0 Å². The van der Waals surface area contributed by atoms with Gasteiger partial charge in [0.2, 0.25) is 0 Å². The fourth-order valence-corrected chi connectivity index (χ4v) is 1.44. The van der Waals surface area contributed by atoms with E-state index >= 15 is 0 Å². The third kappa shape index (κ3) is 2.20. The predicted octanol–water partition coefficient (Wildman–Crippen LogP) is 1.60. The molecule has 0 aromatic carbocycles. The van der Waals surface area contributed by atoms with Crippen molar-refractivity contribution in [3.8, 4) is 0 Å². The van der Waals surface area contributed by atoms with Crippen molar-refractivity contribution in [3.63, 3.8) is 0 Å². The number of hydrogen-bond acceptors (Lipinski definition) is 2. The first-order valence-electron chi connectivity index (χ1n) is 4.36. The van der Waals surface area contributed by atoms with Gasteiger partial charge in [-0.2, -0.15) is 0 Å². The zero-order valence-corrected chi connectivity index (χ0v) is 8.20. The maximum atomic E-state index is 10.9. The maximum absolute atomic E-state index is 10.9. The molecule has 13 heavy (non-hydrogen) atoms. The van der Waals surface area contributed by atoms with Crippen LogP contribution in [0.2, 0.25) is 0 Å². The summed E-state index contributed by atoms with van der Waals surface area (Å²) in [6.07, 6.45) is 0.666. The lowest BCUT2D eigenvalue weighted by molar-refractivity contribution is -0.161. The Kier molecular flexibility index (Phi) is 3.91. The summed E-state index contributed by atoms with van der Waals surface area (Å²) in [7, 11) is 0. The number of carbonyl (C=O) groups is 2. The zero-order valence-electron chi connectivity index (χ0n) is 8.20. The van der Waals surface area contributed by atoms with Crippen LogP contribution in [0.4, 0.5) is 0 Å². The van der Waals surface area contributed by atoms with Crippen molar-refractivity contribution < 1.29 is 19.8 Å². The van der Waals surface area contributed by atoms with E-state index < -0.39 is 23.3 Å². The summed E-state index contributed by atoms with van der Waals surface area (Å²) in [5.74, 6) is -2.88. The Labute approximate surface area is 77.6 Å². The monoisotopic (exact) mass is 188 g/mol. The molecular formula is C9H16O4. The lowest BCUT2D eigenvalue weighted by Gasteiger charge is -2.28. The van der Waals surface area contributed by atoms with Crippen LogP contribution in [0.25, 0.3) is 0 Å². The Balaban J connectivity index is 4.91. The molecule has 0 aliphatic heterocycles. The van der Waals surface area contributed by atoms with E-state index in [1.54, 1.807) is 13.8 Å². The van der Waals surface area contributed by atoms with E-state index in [1.165, 1.54) is 6.92 Å². The molecule has 2 atom stereocenters. The summed E-state index contributed by atoms with van der Waals surface area (Å²) in [6.45, 7) is 4.87. The van der Waals surface area contributed by atoms with E-state index in [2.05, 4.69) is 0 Å². The average molecular weight is 188 g/mol. The van der Waals surface area contributed by atoms with E-state index in [0.29, 0.717) is 12.8 Å². The Morgan fingerprint density at radius 1 is 1.31 bits per heavy atom. The van der Waals surface area contributed by atoms with Crippen LogP contribution in [0.5, 0.6) is 0 Å². The first kappa shape index (κ1) is 11.9. The smallest absolute Gasteiger partial charge is 0.310 e. The molecular weight excluding hydrogens is 172 g/mol. The van der Waals surface area contributed by atoms with Crippen LogP contribution in [0.3, 0.4) is 0 Å². The van der Waals surface area contributed by atoms with E-state index in [1.807, 2.05) is 0 Å². The quantitative estimate of drug-likeness (QED) is 0.687. The van der Waals surface area contributed by atoms with Gasteiger partial charge in [-0.15, -0.1) is 0 Å². The molecule has 76 valence electrons. The molecule has 0 bridgehead atoms. The number of hydrogen-bond donors (Lipinski definition) is 2. The Morgan fingerprint density at radius 2 is 1.77 bits per heavy atom. The van der Waals surface area contributed by atoms with E-state index in [-0.39, 0.29) is 0 Å². The van der Waals surface area contributed by atoms with E-state index in [0.717, 1.165) is 0 Å². The van der Waals surface area contributed by atoms with Gasteiger partial charge >= 0.3 is 11.9 Å². The minimum absolute atomic E-state index is 0.327. The van der Waals surface area contributed by atoms with Gasteiger partial charge in [-0.3, -0.25) is 9.59 Å². The maximum Gasteiger partial charge on any atom is 0.310 e. The van der Waals surface area contributed by atoms with Gasteiger partial charge in [0.15, 0.2) is 0 Å².